The monoisotopic (exact) mass is 390 g/mol. The molecule has 5 nitrogen and oxygen atoms in total. The van der Waals surface area contributed by atoms with Gasteiger partial charge in [0, 0.05) is 23.7 Å². The van der Waals surface area contributed by atoms with Crippen LogP contribution in [0.5, 0.6) is 0 Å². The maximum Gasteiger partial charge on any atom is 0.175 e. The van der Waals surface area contributed by atoms with Crippen molar-refractivity contribution in [3.05, 3.63) is 0 Å². The molecule has 5 fully saturated rings. The topological polar surface area (TPSA) is 72.8 Å². The lowest BCUT2D eigenvalue weighted by Gasteiger charge is -2.62. The zero-order valence-corrected chi connectivity index (χ0v) is 17.4. The van der Waals surface area contributed by atoms with Crippen LogP contribution < -0.4 is 0 Å². The van der Waals surface area contributed by atoms with E-state index in [-0.39, 0.29) is 34.7 Å². The molecule has 1 aliphatic heterocycles. The first kappa shape index (κ1) is 19.2. The molecule has 1 heterocycles. The van der Waals surface area contributed by atoms with E-state index in [0.717, 1.165) is 32.1 Å². The van der Waals surface area contributed by atoms with E-state index in [1.54, 1.807) is 6.92 Å². The fourth-order valence-electron chi connectivity index (χ4n) is 8.56. The molecule has 5 heteroatoms. The highest BCUT2D eigenvalue weighted by Crippen LogP contribution is 2.67. The standard InChI is InChI=1S/C23H34O5/c1-13(24)16-6-7-17-15-5-4-14-10-23(27-8-9-28-23)12-19(26)22(14,3)20(15)18(25)11-21(16,17)2/h14-18,20,25H,4-12H2,1-3H3/t14-,15+,16+,17-,18-,20+,21+,22-/m1/s1. The van der Waals surface area contributed by atoms with Gasteiger partial charge >= 0.3 is 0 Å². The second-order valence-electron chi connectivity index (χ2n) is 10.8. The Bertz CT molecular complexity index is 697. The molecule has 156 valence electrons. The molecule has 0 aromatic heterocycles. The van der Waals surface area contributed by atoms with Gasteiger partial charge in [-0.1, -0.05) is 13.8 Å². The van der Waals surface area contributed by atoms with Crippen molar-refractivity contribution in [3.8, 4) is 0 Å². The number of Topliss-reactive ketones (excluding diaryl/α,β-unsaturated/α-hetero) is 2. The van der Waals surface area contributed by atoms with Gasteiger partial charge in [-0.2, -0.15) is 0 Å². The lowest BCUT2D eigenvalue weighted by molar-refractivity contribution is -0.231. The van der Waals surface area contributed by atoms with Crippen molar-refractivity contribution in [2.24, 2.45) is 40.4 Å². The average Bonchev–Trinajstić information content (AvgIpc) is 3.20. The molecular weight excluding hydrogens is 356 g/mol. The fraction of sp³-hybridized carbons (Fsp3) is 0.913. The van der Waals surface area contributed by atoms with E-state index in [4.69, 9.17) is 9.47 Å². The Labute approximate surface area is 167 Å². The lowest BCUT2D eigenvalue weighted by atomic mass is 9.43. The SMILES string of the molecule is CC(=O)[C@@H]1CC[C@@H]2[C@@H]3CC[C@@H]4CC5(CC(=O)[C@]4(C)[C@@H]3[C@H](O)C[C@]21C)OCCO5. The number of carbonyl (C=O) groups is 2. The minimum absolute atomic E-state index is 0.00119. The maximum atomic E-state index is 13.5. The molecular formula is C23H34O5. The van der Waals surface area contributed by atoms with Crippen molar-refractivity contribution >= 4 is 11.6 Å². The first-order chi connectivity index (χ1) is 13.2. The molecule has 0 bridgehead atoms. The molecule has 1 saturated heterocycles. The summed E-state index contributed by atoms with van der Waals surface area (Å²) in [4.78, 5) is 25.8. The summed E-state index contributed by atoms with van der Waals surface area (Å²) in [7, 11) is 0. The zero-order valence-electron chi connectivity index (χ0n) is 17.4. The summed E-state index contributed by atoms with van der Waals surface area (Å²) in [6, 6.07) is 0. The Kier molecular flexibility index (Phi) is 4.19. The van der Waals surface area contributed by atoms with E-state index < -0.39 is 17.3 Å². The Morgan fingerprint density at radius 3 is 2.46 bits per heavy atom. The minimum atomic E-state index is -0.713. The predicted molar refractivity (Wildman–Crippen MR) is 102 cm³/mol. The number of fused-ring (bicyclic) bond motifs is 5. The van der Waals surface area contributed by atoms with E-state index in [1.807, 2.05) is 0 Å². The molecule has 0 aromatic carbocycles. The fourth-order valence-corrected chi connectivity index (χ4v) is 8.56. The number of carbonyl (C=O) groups excluding carboxylic acids is 2. The highest BCUT2D eigenvalue weighted by atomic mass is 16.7. The Hall–Kier alpha value is -0.780. The van der Waals surface area contributed by atoms with Gasteiger partial charge in [-0.25, -0.2) is 0 Å². The van der Waals surface area contributed by atoms with Crippen LogP contribution in [0.4, 0.5) is 0 Å². The number of aliphatic hydroxyl groups is 1. The molecule has 0 radical (unpaired) electrons. The average molecular weight is 391 g/mol. The third-order valence-electron chi connectivity index (χ3n) is 9.73. The maximum absolute atomic E-state index is 13.5. The third kappa shape index (κ3) is 2.36. The first-order valence-corrected chi connectivity index (χ1v) is 11.2. The quantitative estimate of drug-likeness (QED) is 0.745. The summed E-state index contributed by atoms with van der Waals surface area (Å²) in [6.45, 7) is 7.18. The van der Waals surface area contributed by atoms with E-state index in [0.29, 0.717) is 37.9 Å². The van der Waals surface area contributed by atoms with Gasteiger partial charge in [0.25, 0.3) is 0 Å². The van der Waals surface area contributed by atoms with Crippen LogP contribution in [0.1, 0.15) is 65.7 Å². The number of rotatable bonds is 1. The van der Waals surface area contributed by atoms with Gasteiger partial charge in [0.2, 0.25) is 0 Å². The van der Waals surface area contributed by atoms with Gasteiger partial charge < -0.3 is 14.6 Å². The van der Waals surface area contributed by atoms with Crippen LogP contribution in [-0.4, -0.2) is 41.8 Å². The lowest BCUT2D eigenvalue weighted by Crippen LogP contribution is -2.64. The summed E-state index contributed by atoms with van der Waals surface area (Å²) < 4.78 is 11.8. The Balaban J connectivity index is 1.49. The van der Waals surface area contributed by atoms with Crippen LogP contribution in [-0.2, 0) is 19.1 Å². The van der Waals surface area contributed by atoms with Gasteiger partial charge in [0.1, 0.15) is 11.6 Å². The Morgan fingerprint density at radius 1 is 1.07 bits per heavy atom. The summed E-state index contributed by atoms with van der Waals surface area (Å²) in [6.07, 6.45) is 5.24. The Morgan fingerprint density at radius 2 is 1.79 bits per heavy atom. The molecule has 1 N–H and O–H groups in total. The first-order valence-electron chi connectivity index (χ1n) is 11.2. The number of hydrogen-bond acceptors (Lipinski definition) is 5. The molecule has 0 amide bonds. The summed E-state index contributed by atoms with van der Waals surface area (Å²) in [5.41, 5.74) is -0.620. The van der Waals surface area contributed by atoms with Crippen LogP contribution in [0.25, 0.3) is 0 Å². The highest BCUT2D eigenvalue weighted by Gasteiger charge is 2.67. The number of ether oxygens (including phenoxy) is 2. The van der Waals surface area contributed by atoms with Crippen molar-refractivity contribution in [1.82, 2.24) is 0 Å². The van der Waals surface area contributed by atoms with Crippen LogP contribution in [0.2, 0.25) is 0 Å². The third-order valence-corrected chi connectivity index (χ3v) is 9.73. The van der Waals surface area contributed by atoms with Crippen LogP contribution in [0, 0.1) is 40.4 Å². The molecule has 8 atom stereocenters. The van der Waals surface area contributed by atoms with Gasteiger partial charge in [0.05, 0.1) is 25.7 Å². The molecule has 1 spiro atoms. The van der Waals surface area contributed by atoms with Crippen molar-refractivity contribution < 1.29 is 24.2 Å². The largest absolute Gasteiger partial charge is 0.393 e. The van der Waals surface area contributed by atoms with Crippen molar-refractivity contribution in [2.75, 3.05) is 13.2 Å². The van der Waals surface area contributed by atoms with E-state index in [9.17, 15) is 14.7 Å². The van der Waals surface area contributed by atoms with Crippen LogP contribution in [0.15, 0.2) is 0 Å². The van der Waals surface area contributed by atoms with Crippen molar-refractivity contribution in [1.29, 1.82) is 0 Å². The minimum Gasteiger partial charge on any atom is -0.393 e. The van der Waals surface area contributed by atoms with Gasteiger partial charge in [-0.15, -0.1) is 0 Å². The van der Waals surface area contributed by atoms with Crippen molar-refractivity contribution in [3.63, 3.8) is 0 Å². The second-order valence-corrected chi connectivity index (χ2v) is 10.8. The van der Waals surface area contributed by atoms with Crippen LogP contribution in [0.3, 0.4) is 0 Å². The molecule has 4 saturated carbocycles. The van der Waals surface area contributed by atoms with Gasteiger partial charge in [-0.3, -0.25) is 9.59 Å². The van der Waals surface area contributed by atoms with E-state index >= 15 is 0 Å². The summed E-state index contributed by atoms with van der Waals surface area (Å²) in [5.74, 6) is 0.807. The molecule has 28 heavy (non-hydrogen) atoms. The molecule has 0 aromatic rings. The summed E-state index contributed by atoms with van der Waals surface area (Å²) in [5, 5.41) is 11.4. The number of aliphatic hydroxyl groups excluding tert-OH is 1. The molecule has 0 unspecified atom stereocenters. The smallest absolute Gasteiger partial charge is 0.175 e. The highest BCUT2D eigenvalue weighted by molar-refractivity contribution is 5.87. The number of ketones is 2. The summed E-state index contributed by atoms with van der Waals surface area (Å²) >= 11 is 0. The van der Waals surface area contributed by atoms with Crippen LogP contribution >= 0.6 is 0 Å². The zero-order chi connectivity index (χ0) is 19.9. The predicted octanol–water partition coefficient (Wildman–Crippen LogP) is 3.13. The molecule has 5 aliphatic rings. The second kappa shape index (κ2) is 6.12. The normalized spacial score (nSPS) is 52.2. The van der Waals surface area contributed by atoms with E-state index in [1.165, 1.54) is 0 Å². The molecule has 4 aliphatic carbocycles. The number of hydrogen-bond donors (Lipinski definition) is 1. The van der Waals surface area contributed by atoms with Crippen molar-refractivity contribution in [2.45, 2.75) is 77.6 Å². The van der Waals surface area contributed by atoms with E-state index in [2.05, 4.69) is 13.8 Å². The van der Waals surface area contributed by atoms with Gasteiger partial charge in [0.15, 0.2) is 5.79 Å². The van der Waals surface area contributed by atoms with Gasteiger partial charge in [-0.05, 0) is 62.2 Å². The molecule has 5 rings (SSSR count).